The second kappa shape index (κ2) is 8.49. The van der Waals surface area contributed by atoms with Crippen molar-refractivity contribution in [3.05, 3.63) is 53.1 Å². The van der Waals surface area contributed by atoms with E-state index in [1.807, 2.05) is 30.5 Å². The third-order valence-corrected chi connectivity index (χ3v) is 5.33. The monoisotopic (exact) mass is 354 g/mol. The number of carbonyl (C=O) groups excluding carboxylic acids is 1. The molecule has 1 saturated heterocycles. The number of hydrogen-bond donors (Lipinski definition) is 1. The van der Waals surface area contributed by atoms with Crippen molar-refractivity contribution in [2.24, 2.45) is 0 Å². The van der Waals surface area contributed by atoms with Crippen molar-refractivity contribution in [3.8, 4) is 0 Å². The summed E-state index contributed by atoms with van der Waals surface area (Å²) in [7, 11) is 0. The molecule has 140 valence electrons. The minimum Gasteiger partial charge on any atom is -0.342 e. The molecule has 1 N–H and O–H groups in total. The van der Waals surface area contributed by atoms with Gasteiger partial charge in [0.1, 0.15) is 0 Å². The summed E-state index contributed by atoms with van der Waals surface area (Å²) in [6, 6.07) is 8.35. The highest BCUT2D eigenvalue weighted by molar-refractivity contribution is 5.96. The third kappa shape index (κ3) is 3.98. The fourth-order valence-corrected chi connectivity index (χ4v) is 3.88. The largest absolute Gasteiger partial charge is 0.342 e. The second-order valence-electron chi connectivity index (χ2n) is 7.17. The van der Waals surface area contributed by atoms with Crippen molar-refractivity contribution in [2.75, 3.05) is 19.6 Å². The van der Waals surface area contributed by atoms with Gasteiger partial charge in [-0.25, -0.2) is 0 Å². The van der Waals surface area contributed by atoms with E-state index in [1.54, 1.807) is 0 Å². The second-order valence-corrected chi connectivity index (χ2v) is 7.17. The maximum absolute atomic E-state index is 13.3. The molecule has 1 fully saturated rings. The highest BCUT2D eigenvalue weighted by Gasteiger charge is 2.28. The van der Waals surface area contributed by atoms with Gasteiger partial charge in [-0.1, -0.05) is 13.0 Å². The minimum absolute atomic E-state index is 0.180. The number of hydrogen-bond acceptors (Lipinski definition) is 3. The number of piperidine rings is 1. The molecular formula is C21H30N4O. The fraction of sp³-hybridized carbons (Fsp3) is 0.524. The van der Waals surface area contributed by atoms with Gasteiger partial charge < -0.3 is 14.8 Å². The number of amides is 1. The van der Waals surface area contributed by atoms with Crippen LogP contribution in [0.15, 0.2) is 30.5 Å². The van der Waals surface area contributed by atoms with Crippen molar-refractivity contribution in [1.29, 1.82) is 0 Å². The summed E-state index contributed by atoms with van der Waals surface area (Å²) in [6.07, 6.45) is 4.88. The van der Waals surface area contributed by atoms with Gasteiger partial charge in [-0.05, 0) is 64.4 Å². The molecule has 1 aliphatic rings. The van der Waals surface area contributed by atoms with Crippen LogP contribution in [-0.2, 0) is 6.54 Å². The predicted molar refractivity (Wildman–Crippen MR) is 104 cm³/mol. The first kappa shape index (κ1) is 18.6. The number of rotatable bonds is 6. The lowest BCUT2D eigenvalue weighted by Crippen LogP contribution is -2.46. The Morgan fingerprint density at radius 2 is 2.08 bits per heavy atom. The van der Waals surface area contributed by atoms with Crippen LogP contribution in [0.2, 0.25) is 0 Å². The molecular weight excluding hydrogens is 324 g/mol. The molecule has 1 aliphatic heterocycles. The van der Waals surface area contributed by atoms with E-state index in [4.69, 9.17) is 0 Å². The van der Waals surface area contributed by atoms with E-state index in [0.717, 1.165) is 61.5 Å². The van der Waals surface area contributed by atoms with Crippen molar-refractivity contribution in [2.45, 2.75) is 52.6 Å². The van der Waals surface area contributed by atoms with Crippen LogP contribution in [0.25, 0.3) is 0 Å². The summed E-state index contributed by atoms with van der Waals surface area (Å²) in [5.41, 5.74) is 3.99. The van der Waals surface area contributed by atoms with E-state index in [0.29, 0.717) is 12.6 Å². The van der Waals surface area contributed by atoms with E-state index in [1.165, 1.54) is 0 Å². The van der Waals surface area contributed by atoms with Gasteiger partial charge in [0.25, 0.3) is 5.91 Å². The number of aromatic nitrogens is 2. The van der Waals surface area contributed by atoms with E-state index in [-0.39, 0.29) is 5.91 Å². The third-order valence-electron chi connectivity index (χ3n) is 5.33. The zero-order chi connectivity index (χ0) is 18.5. The average molecular weight is 354 g/mol. The molecule has 0 aromatic carbocycles. The molecule has 5 heteroatoms. The van der Waals surface area contributed by atoms with Gasteiger partial charge >= 0.3 is 0 Å². The summed E-state index contributed by atoms with van der Waals surface area (Å²) in [6.45, 7) is 9.79. The highest BCUT2D eigenvalue weighted by Crippen LogP contribution is 2.22. The predicted octanol–water partition coefficient (Wildman–Crippen LogP) is 3.15. The topological polar surface area (TPSA) is 50.2 Å². The molecule has 0 radical (unpaired) electrons. The molecule has 1 amide bonds. The number of carbonyl (C=O) groups is 1. The SMILES string of the molecule is CCCN(C(=O)c1cc(C)n(Cc2ccccn2)c1C)C1CCNCC1. The van der Waals surface area contributed by atoms with Crippen molar-refractivity contribution >= 4 is 5.91 Å². The normalized spacial score (nSPS) is 15.2. The Kier molecular flexibility index (Phi) is 6.09. The van der Waals surface area contributed by atoms with E-state index in [9.17, 15) is 4.79 Å². The smallest absolute Gasteiger partial charge is 0.255 e. The molecule has 0 bridgehead atoms. The van der Waals surface area contributed by atoms with Gasteiger partial charge in [0.2, 0.25) is 0 Å². The van der Waals surface area contributed by atoms with Crippen LogP contribution < -0.4 is 5.32 Å². The summed E-state index contributed by atoms with van der Waals surface area (Å²) < 4.78 is 2.20. The highest BCUT2D eigenvalue weighted by atomic mass is 16.2. The molecule has 3 rings (SSSR count). The molecule has 0 saturated carbocycles. The Hall–Kier alpha value is -2.14. The standard InChI is InChI=1S/C21H30N4O/c1-4-13-24(19-8-11-22-12-9-19)21(26)20-14-16(2)25(17(20)3)15-18-7-5-6-10-23-18/h5-7,10,14,19,22H,4,8-9,11-13,15H2,1-3H3. The Bertz CT molecular complexity index is 732. The first-order valence-electron chi connectivity index (χ1n) is 9.70. The van der Waals surface area contributed by atoms with Crippen molar-refractivity contribution < 1.29 is 4.79 Å². The number of nitrogens with zero attached hydrogens (tertiary/aromatic N) is 3. The van der Waals surface area contributed by atoms with E-state index >= 15 is 0 Å². The molecule has 2 aromatic heterocycles. The Balaban J connectivity index is 1.85. The van der Waals surface area contributed by atoms with Crippen LogP contribution in [0.4, 0.5) is 0 Å². The summed E-state index contributed by atoms with van der Waals surface area (Å²) >= 11 is 0. The quantitative estimate of drug-likeness (QED) is 0.867. The molecule has 5 nitrogen and oxygen atoms in total. The Labute approximate surface area is 156 Å². The molecule has 3 heterocycles. The van der Waals surface area contributed by atoms with Crippen LogP contribution in [0.3, 0.4) is 0 Å². The number of aryl methyl sites for hydroxylation is 1. The Morgan fingerprint density at radius 1 is 1.31 bits per heavy atom. The van der Waals surface area contributed by atoms with E-state index < -0.39 is 0 Å². The summed E-state index contributed by atoms with van der Waals surface area (Å²) in [4.78, 5) is 19.9. The van der Waals surface area contributed by atoms with Crippen LogP contribution in [0.5, 0.6) is 0 Å². The van der Waals surface area contributed by atoms with Crippen molar-refractivity contribution in [1.82, 2.24) is 19.8 Å². The zero-order valence-corrected chi connectivity index (χ0v) is 16.2. The van der Waals surface area contributed by atoms with Gasteiger partial charge in [0.05, 0.1) is 17.8 Å². The van der Waals surface area contributed by atoms with Crippen molar-refractivity contribution in [3.63, 3.8) is 0 Å². The van der Waals surface area contributed by atoms with Crippen LogP contribution in [-0.4, -0.2) is 46.0 Å². The zero-order valence-electron chi connectivity index (χ0n) is 16.2. The molecule has 0 aliphatic carbocycles. The summed E-state index contributed by atoms with van der Waals surface area (Å²) in [5, 5.41) is 3.39. The molecule has 0 atom stereocenters. The lowest BCUT2D eigenvalue weighted by Gasteiger charge is -2.34. The van der Waals surface area contributed by atoms with Gasteiger partial charge in [-0.15, -0.1) is 0 Å². The number of pyridine rings is 1. The molecule has 0 spiro atoms. The molecule has 2 aromatic rings. The van der Waals surface area contributed by atoms with Crippen LogP contribution >= 0.6 is 0 Å². The first-order valence-corrected chi connectivity index (χ1v) is 9.70. The molecule has 26 heavy (non-hydrogen) atoms. The summed E-state index contributed by atoms with van der Waals surface area (Å²) in [5.74, 6) is 0.180. The maximum atomic E-state index is 13.3. The lowest BCUT2D eigenvalue weighted by molar-refractivity contribution is 0.0642. The lowest BCUT2D eigenvalue weighted by atomic mass is 10.0. The average Bonchev–Trinajstić information content (AvgIpc) is 2.95. The first-order chi connectivity index (χ1) is 12.6. The Morgan fingerprint density at radius 3 is 2.73 bits per heavy atom. The van der Waals surface area contributed by atoms with Crippen LogP contribution in [0.1, 0.15) is 53.6 Å². The minimum atomic E-state index is 0.180. The maximum Gasteiger partial charge on any atom is 0.255 e. The van der Waals surface area contributed by atoms with Gasteiger partial charge in [-0.2, -0.15) is 0 Å². The number of nitrogens with one attached hydrogen (secondary N) is 1. The van der Waals surface area contributed by atoms with Gasteiger partial charge in [0, 0.05) is 30.2 Å². The van der Waals surface area contributed by atoms with Crippen LogP contribution in [0, 0.1) is 13.8 Å². The molecule has 0 unspecified atom stereocenters. The van der Waals surface area contributed by atoms with Gasteiger partial charge in [0.15, 0.2) is 0 Å². The van der Waals surface area contributed by atoms with E-state index in [2.05, 4.69) is 40.5 Å². The van der Waals surface area contributed by atoms with Gasteiger partial charge in [-0.3, -0.25) is 9.78 Å². The fourth-order valence-electron chi connectivity index (χ4n) is 3.88.